The number of nitrogens with zero attached hydrogens (tertiary/aromatic N) is 3. The summed E-state index contributed by atoms with van der Waals surface area (Å²) in [6, 6.07) is 16.4. The van der Waals surface area contributed by atoms with Crippen LogP contribution in [0.25, 0.3) is 11.0 Å². The lowest BCUT2D eigenvalue weighted by molar-refractivity contribution is -0.142. The van der Waals surface area contributed by atoms with E-state index >= 15 is 0 Å². The number of hydrogen-bond donors (Lipinski definition) is 2. The fourth-order valence-electron chi connectivity index (χ4n) is 4.58. The fraction of sp³-hybridized carbons (Fsp3) is 0.355. The third-order valence-corrected chi connectivity index (χ3v) is 8.41. The molecule has 4 aromatic rings. The molecule has 0 fully saturated rings. The Morgan fingerprint density at radius 1 is 1.00 bits per heavy atom. The number of nitrogens with one attached hydrogen (secondary N) is 1. The lowest BCUT2D eigenvalue weighted by atomic mass is 9.87. The number of amides is 1. The number of hydrogen-bond acceptors (Lipinski definition) is 8. The second-order valence-electron chi connectivity index (χ2n) is 11.9. The molecule has 0 spiro atoms. The van der Waals surface area contributed by atoms with Crippen molar-refractivity contribution in [2.24, 2.45) is 5.41 Å². The fourth-order valence-corrected chi connectivity index (χ4v) is 5.92. The number of aromatic nitrogens is 2. The minimum atomic E-state index is -3.98. The minimum Gasteiger partial charge on any atom is -0.480 e. The molecule has 0 aliphatic rings. The molecule has 3 heterocycles. The largest absolute Gasteiger partial charge is 0.480 e. The number of rotatable bonds is 11. The van der Waals surface area contributed by atoms with Crippen LogP contribution in [0.15, 0.2) is 82.4 Å². The number of carbonyl (C=O) groups is 2. The summed E-state index contributed by atoms with van der Waals surface area (Å²) in [4.78, 5) is 32.9. The average Bonchev–Trinajstić information content (AvgIpc) is 3.33. The van der Waals surface area contributed by atoms with Crippen molar-refractivity contribution >= 4 is 33.1 Å². The second-order valence-corrected chi connectivity index (χ2v) is 13.9. The van der Waals surface area contributed by atoms with Crippen LogP contribution in [-0.4, -0.2) is 51.5 Å². The van der Waals surface area contributed by atoms with E-state index in [9.17, 15) is 23.1 Å². The van der Waals surface area contributed by atoms with Crippen molar-refractivity contribution in [1.29, 1.82) is 0 Å². The summed E-state index contributed by atoms with van der Waals surface area (Å²) in [7, 11) is -3.98. The average molecular weight is 609 g/mol. The summed E-state index contributed by atoms with van der Waals surface area (Å²) >= 11 is 0. The molecule has 1 atom stereocenters. The van der Waals surface area contributed by atoms with E-state index in [1.54, 1.807) is 58.9 Å². The summed E-state index contributed by atoms with van der Waals surface area (Å²) in [6.45, 7) is 8.40. The molecular weight excluding hydrogens is 572 g/mol. The summed E-state index contributed by atoms with van der Waals surface area (Å²) in [6.07, 6.45) is 2.14. The van der Waals surface area contributed by atoms with Crippen LogP contribution in [0.2, 0.25) is 0 Å². The minimum absolute atomic E-state index is 0.0366. The van der Waals surface area contributed by atoms with E-state index in [1.165, 1.54) is 22.8 Å². The molecule has 228 valence electrons. The van der Waals surface area contributed by atoms with E-state index in [2.05, 4.69) is 15.3 Å². The molecule has 0 bridgehead atoms. The molecule has 0 aliphatic carbocycles. The van der Waals surface area contributed by atoms with E-state index < -0.39 is 39.1 Å². The van der Waals surface area contributed by atoms with Crippen LogP contribution in [0.1, 0.15) is 51.8 Å². The number of furan rings is 1. The first-order valence-corrected chi connectivity index (χ1v) is 15.1. The Morgan fingerprint density at radius 3 is 2.37 bits per heavy atom. The van der Waals surface area contributed by atoms with Crippen LogP contribution in [0.5, 0.6) is 0 Å². The van der Waals surface area contributed by atoms with Crippen LogP contribution >= 0.6 is 0 Å². The highest BCUT2D eigenvalue weighted by molar-refractivity contribution is 7.89. The number of pyridine rings is 2. The topological polar surface area (TPSA) is 152 Å². The Hall–Kier alpha value is -4.29. The first-order chi connectivity index (χ1) is 20.1. The summed E-state index contributed by atoms with van der Waals surface area (Å²) in [5, 5.41) is 12.8. The van der Waals surface area contributed by atoms with E-state index in [1.807, 2.05) is 30.3 Å². The smallest absolute Gasteiger partial charge is 0.408 e. The monoisotopic (exact) mass is 608 g/mol. The van der Waals surface area contributed by atoms with Crippen molar-refractivity contribution in [3.63, 3.8) is 0 Å². The number of fused-ring (bicyclic) bond motifs is 1. The number of carboxylic acids is 1. The van der Waals surface area contributed by atoms with Crippen molar-refractivity contribution in [3.8, 4) is 0 Å². The number of benzene rings is 1. The van der Waals surface area contributed by atoms with Gasteiger partial charge in [-0.05, 0) is 55.7 Å². The third-order valence-electron chi connectivity index (χ3n) is 6.63. The summed E-state index contributed by atoms with van der Waals surface area (Å²) < 4.78 is 40.2. The van der Waals surface area contributed by atoms with Gasteiger partial charge in [-0.2, -0.15) is 4.31 Å². The van der Waals surface area contributed by atoms with Gasteiger partial charge in [-0.3, -0.25) is 9.97 Å². The zero-order valence-electron chi connectivity index (χ0n) is 24.8. The molecule has 0 aliphatic heterocycles. The van der Waals surface area contributed by atoms with E-state index in [0.29, 0.717) is 22.7 Å². The zero-order valence-corrected chi connectivity index (χ0v) is 25.6. The molecule has 0 saturated heterocycles. The molecule has 1 unspecified atom stereocenters. The number of aliphatic carboxylic acids is 1. The standard InChI is InChI=1S/C31H36N4O7S/c1-30(2,3)27(28(36)37)34-29(38)42-31(4,5)17-22-11-8-12-23(33-22)19-35(43(39,40)25-13-9-15-32-18-25)20-24-16-21-10-6-7-14-26(21)41-24/h6-16,18,27H,17,19-20H2,1-5H3,(H,34,38)(H,36,37). The van der Waals surface area contributed by atoms with Gasteiger partial charge in [-0.25, -0.2) is 18.0 Å². The van der Waals surface area contributed by atoms with Crippen molar-refractivity contribution in [2.45, 2.75) is 70.7 Å². The normalized spacial score (nSPS) is 13.2. The van der Waals surface area contributed by atoms with Gasteiger partial charge in [0.15, 0.2) is 0 Å². The lowest BCUT2D eigenvalue weighted by Gasteiger charge is -2.30. The van der Waals surface area contributed by atoms with Crippen LogP contribution < -0.4 is 5.32 Å². The number of sulfonamides is 1. The Bertz CT molecular complexity index is 1660. The van der Waals surface area contributed by atoms with Crippen LogP contribution in [0.3, 0.4) is 0 Å². The predicted molar refractivity (Wildman–Crippen MR) is 159 cm³/mol. The number of ether oxygens (including phenoxy) is 1. The van der Waals surface area contributed by atoms with Gasteiger partial charge in [-0.15, -0.1) is 0 Å². The van der Waals surface area contributed by atoms with Gasteiger partial charge in [0.2, 0.25) is 10.0 Å². The lowest BCUT2D eigenvalue weighted by Crippen LogP contribution is -2.50. The molecule has 2 N–H and O–H groups in total. The van der Waals surface area contributed by atoms with Gasteiger partial charge in [0.25, 0.3) is 0 Å². The van der Waals surface area contributed by atoms with Crippen molar-refractivity contribution in [1.82, 2.24) is 19.6 Å². The van der Waals surface area contributed by atoms with Crippen LogP contribution in [0, 0.1) is 5.41 Å². The molecule has 11 nitrogen and oxygen atoms in total. The number of alkyl carbamates (subject to hydrolysis) is 1. The van der Waals surface area contributed by atoms with Crippen molar-refractivity contribution in [3.05, 3.63) is 90.2 Å². The first kappa shape index (κ1) is 31.6. The van der Waals surface area contributed by atoms with E-state index in [4.69, 9.17) is 9.15 Å². The molecular formula is C31H36N4O7S. The molecule has 0 saturated carbocycles. The van der Waals surface area contributed by atoms with Gasteiger partial charge in [-0.1, -0.05) is 45.0 Å². The van der Waals surface area contributed by atoms with Crippen molar-refractivity contribution < 1.29 is 32.3 Å². The maximum atomic E-state index is 13.7. The third kappa shape index (κ3) is 8.17. The highest BCUT2D eigenvalue weighted by Gasteiger charge is 2.35. The molecule has 43 heavy (non-hydrogen) atoms. The second kappa shape index (κ2) is 12.5. The molecule has 4 rings (SSSR count). The molecule has 0 radical (unpaired) electrons. The maximum Gasteiger partial charge on any atom is 0.408 e. The van der Waals surface area contributed by atoms with Crippen LogP contribution in [0.4, 0.5) is 4.79 Å². The SMILES string of the molecule is CC(C)(Cc1cccc(CN(Cc2cc3ccccc3o2)S(=O)(=O)c2cccnc2)n1)OC(=O)NC(C(=O)O)C(C)(C)C. The van der Waals surface area contributed by atoms with E-state index in [0.717, 1.165) is 5.39 Å². The molecule has 3 aromatic heterocycles. The van der Waals surface area contributed by atoms with Gasteiger partial charge in [0.05, 0.1) is 18.8 Å². The van der Waals surface area contributed by atoms with Gasteiger partial charge < -0.3 is 19.6 Å². The molecule has 12 heteroatoms. The first-order valence-electron chi connectivity index (χ1n) is 13.7. The highest BCUT2D eigenvalue weighted by Crippen LogP contribution is 2.25. The Morgan fingerprint density at radius 2 is 1.72 bits per heavy atom. The number of carbonyl (C=O) groups excluding carboxylic acids is 1. The highest BCUT2D eigenvalue weighted by atomic mass is 32.2. The Balaban J connectivity index is 1.54. The predicted octanol–water partition coefficient (Wildman–Crippen LogP) is 5.16. The van der Waals surface area contributed by atoms with Crippen LogP contribution in [-0.2, 0) is 39.1 Å². The Kier molecular flexibility index (Phi) is 9.21. The van der Waals surface area contributed by atoms with E-state index in [-0.39, 0.29) is 24.4 Å². The molecule has 1 amide bonds. The van der Waals surface area contributed by atoms with Gasteiger partial charge in [0, 0.05) is 29.9 Å². The maximum absolute atomic E-state index is 13.7. The molecule has 1 aromatic carbocycles. The number of carboxylic acid groups (broad SMARTS) is 1. The van der Waals surface area contributed by atoms with Gasteiger partial charge >= 0.3 is 12.1 Å². The summed E-state index contributed by atoms with van der Waals surface area (Å²) in [5.74, 6) is -0.689. The zero-order chi connectivity index (χ0) is 31.4. The Labute approximate surface area is 251 Å². The van der Waals surface area contributed by atoms with Gasteiger partial charge in [0.1, 0.15) is 27.9 Å². The number of para-hydroxylation sites is 1. The van der Waals surface area contributed by atoms with Crippen molar-refractivity contribution in [2.75, 3.05) is 0 Å². The summed E-state index contributed by atoms with van der Waals surface area (Å²) in [5.41, 5.74) is -0.0926. The quantitative estimate of drug-likeness (QED) is 0.235.